The van der Waals surface area contributed by atoms with E-state index in [1.54, 1.807) is 19.1 Å². The molecule has 0 saturated heterocycles. The van der Waals surface area contributed by atoms with E-state index >= 15 is 0 Å². The second kappa shape index (κ2) is 6.27. The highest BCUT2D eigenvalue weighted by atomic mass is 35.5. The number of phenolic OH excluding ortho intramolecular Hbond substituents is 1. The lowest BCUT2D eigenvalue weighted by atomic mass is 9.95. The summed E-state index contributed by atoms with van der Waals surface area (Å²) in [6.07, 6.45) is -0.367. The van der Waals surface area contributed by atoms with Gasteiger partial charge in [0.05, 0.1) is 12.1 Å². The number of aliphatic hydroxyl groups excluding tert-OH is 1. The van der Waals surface area contributed by atoms with Gasteiger partial charge in [0.1, 0.15) is 5.75 Å². The van der Waals surface area contributed by atoms with Crippen molar-refractivity contribution in [1.29, 1.82) is 0 Å². The largest absolute Gasteiger partial charge is 0.507 e. The predicted molar refractivity (Wildman–Crippen MR) is 80.9 cm³/mol. The van der Waals surface area contributed by atoms with Crippen molar-refractivity contribution in [2.45, 2.75) is 25.5 Å². The zero-order valence-electron chi connectivity index (χ0n) is 11.3. The maximum atomic E-state index is 10.3. The first kappa shape index (κ1) is 14.9. The van der Waals surface area contributed by atoms with Crippen LogP contribution in [-0.4, -0.2) is 16.3 Å². The fourth-order valence-corrected chi connectivity index (χ4v) is 2.49. The van der Waals surface area contributed by atoms with Gasteiger partial charge in [-0.15, -0.1) is 0 Å². The molecule has 0 heterocycles. The van der Waals surface area contributed by atoms with Gasteiger partial charge in [0, 0.05) is 17.0 Å². The van der Waals surface area contributed by atoms with E-state index < -0.39 is 12.1 Å². The van der Waals surface area contributed by atoms with Gasteiger partial charge in [-0.1, -0.05) is 41.9 Å². The first-order valence-electron chi connectivity index (χ1n) is 6.45. The Balaban J connectivity index is 2.21. The SMILES string of the molecule is Cc1cc(Cl)cc([C@@H](N)[C@@H](O)Cc2ccccc2)c1O. The molecule has 0 bridgehead atoms. The standard InChI is InChI=1S/C16H18ClNO2/c1-10-7-12(17)9-13(16(10)20)15(18)14(19)8-11-5-3-2-4-6-11/h2-7,9,14-15,19-20H,8,18H2,1H3/t14-,15+/m0/s1. The number of benzene rings is 2. The van der Waals surface area contributed by atoms with Gasteiger partial charge >= 0.3 is 0 Å². The lowest BCUT2D eigenvalue weighted by Gasteiger charge is -2.21. The fourth-order valence-electron chi connectivity index (χ4n) is 2.21. The summed E-state index contributed by atoms with van der Waals surface area (Å²) in [6, 6.07) is 12.2. The molecule has 0 aliphatic carbocycles. The van der Waals surface area contributed by atoms with Crippen LogP contribution >= 0.6 is 11.6 Å². The van der Waals surface area contributed by atoms with E-state index in [1.807, 2.05) is 30.3 Å². The number of aromatic hydroxyl groups is 1. The van der Waals surface area contributed by atoms with Crippen LogP contribution in [0.4, 0.5) is 0 Å². The van der Waals surface area contributed by atoms with Crippen molar-refractivity contribution in [2.75, 3.05) is 0 Å². The molecule has 0 aliphatic heterocycles. The number of rotatable bonds is 4. The van der Waals surface area contributed by atoms with Crippen molar-refractivity contribution in [3.63, 3.8) is 0 Å². The van der Waals surface area contributed by atoms with E-state index in [9.17, 15) is 10.2 Å². The van der Waals surface area contributed by atoms with Crippen molar-refractivity contribution in [3.8, 4) is 5.75 Å². The van der Waals surface area contributed by atoms with Gasteiger partial charge in [-0.3, -0.25) is 0 Å². The van der Waals surface area contributed by atoms with Crippen LogP contribution in [0.5, 0.6) is 5.75 Å². The third-order valence-corrected chi connectivity index (χ3v) is 3.57. The highest BCUT2D eigenvalue weighted by Crippen LogP contribution is 2.32. The number of nitrogens with two attached hydrogens (primary N) is 1. The summed E-state index contributed by atoms with van der Waals surface area (Å²) in [7, 11) is 0. The Morgan fingerprint density at radius 3 is 2.50 bits per heavy atom. The van der Waals surface area contributed by atoms with E-state index in [4.69, 9.17) is 17.3 Å². The van der Waals surface area contributed by atoms with Gasteiger partial charge in [0.15, 0.2) is 0 Å². The first-order valence-corrected chi connectivity index (χ1v) is 6.83. The van der Waals surface area contributed by atoms with Crippen LogP contribution in [-0.2, 0) is 6.42 Å². The molecular formula is C16H18ClNO2. The van der Waals surface area contributed by atoms with Gasteiger partial charge in [0.25, 0.3) is 0 Å². The molecule has 4 heteroatoms. The Bertz CT molecular complexity index is 587. The van der Waals surface area contributed by atoms with Crippen LogP contribution in [0.1, 0.15) is 22.7 Å². The Kier molecular flexibility index (Phi) is 4.65. The van der Waals surface area contributed by atoms with Crippen molar-refractivity contribution >= 4 is 11.6 Å². The normalized spacial score (nSPS) is 14.0. The maximum absolute atomic E-state index is 10.3. The molecule has 0 spiro atoms. The number of hydrogen-bond donors (Lipinski definition) is 3. The molecule has 0 radical (unpaired) electrons. The molecule has 2 atom stereocenters. The highest BCUT2D eigenvalue weighted by molar-refractivity contribution is 6.30. The molecule has 0 aromatic heterocycles. The molecule has 20 heavy (non-hydrogen) atoms. The van der Waals surface area contributed by atoms with Crippen LogP contribution in [0, 0.1) is 6.92 Å². The zero-order valence-corrected chi connectivity index (χ0v) is 12.0. The minimum Gasteiger partial charge on any atom is -0.507 e. The van der Waals surface area contributed by atoms with Gasteiger partial charge < -0.3 is 15.9 Å². The van der Waals surface area contributed by atoms with Crippen molar-refractivity contribution < 1.29 is 10.2 Å². The molecule has 3 nitrogen and oxygen atoms in total. The second-order valence-electron chi connectivity index (χ2n) is 4.94. The summed E-state index contributed by atoms with van der Waals surface area (Å²) in [6.45, 7) is 1.75. The van der Waals surface area contributed by atoms with Gasteiger partial charge in [-0.05, 0) is 30.2 Å². The number of phenols is 1. The lowest BCUT2D eigenvalue weighted by molar-refractivity contribution is 0.143. The minimum atomic E-state index is -0.791. The van der Waals surface area contributed by atoms with E-state index in [2.05, 4.69) is 0 Å². The van der Waals surface area contributed by atoms with Gasteiger partial charge in [-0.2, -0.15) is 0 Å². The number of hydrogen-bond acceptors (Lipinski definition) is 3. The topological polar surface area (TPSA) is 66.5 Å². The Morgan fingerprint density at radius 1 is 1.20 bits per heavy atom. The fraction of sp³-hybridized carbons (Fsp3) is 0.250. The lowest BCUT2D eigenvalue weighted by Crippen LogP contribution is -2.28. The molecule has 0 amide bonds. The second-order valence-corrected chi connectivity index (χ2v) is 5.38. The van der Waals surface area contributed by atoms with E-state index in [-0.39, 0.29) is 5.75 Å². The zero-order chi connectivity index (χ0) is 14.7. The van der Waals surface area contributed by atoms with E-state index in [1.165, 1.54) is 0 Å². The van der Waals surface area contributed by atoms with Gasteiger partial charge in [-0.25, -0.2) is 0 Å². The predicted octanol–water partition coefficient (Wildman–Crippen LogP) is 2.96. The molecule has 0 aliphatic rings. The molecule has 2 aromatic carbocycles. The Hall–Kier alpha value is -1.55. The average molecular weight is 292 g/mol. The third-order valence-electron chi connectivity index (χ3n) is 3.36. The summed E-state index contributed by atoms with van der Waals surface area (Å²) in [5.74, 6) is 0.0917. The molecule has 0 fully saturated rings. The molecule has 4 N–H and O–H groups in total. The molecule has 2 aromatic rings. The first-order chi connectivity index (χ1) is 9.49. The molecule has 2 rings (SSSR count). The van der Waals surface area contributed by atoms with Crippen molar-refractivity contribution in [3.05, 3.63) is 64.2 Å². The van der Waals surface area contributed by atoms with Crippen LogP contribution < -0.4 is 5.73 Å². The summed E-state index contributed by atoms with van der Waals surface area (Å²) in [4.78, 5) is 0. The molecule has 0 saturated carbocycles. The molecular weight excluding hydrogens is 274 g/mol. The number of aliphatic hydroxyl groups is 1. The summed E-state index contributed by atoms with van der Waals surface area (Å²) < 4.78 is 0. The monoisotopic (exact) mass is 291 g/mol. The minimum absolute atomic E-state index is 0.0917. The van der Waals surface area contributed by atoms with E-state index in [0.717, 1.165) is 5.56 Å². The smallest absolute Gasteiger partial charge is 0.123 e. The summed E-state index contributed by atoms with van der Waals surface area (Å²) >= 11 is 5.98. The van der Waals surface area contributed by atoms with Crippen molar-refractivity contribution in [2.24, 2.45) is 5.73 Å². The number of aryl methyl sites for hydroxylation is 1. The Labute approximate surface area is 123 Å². The van der Waals surface area contributed by atoms with E-state index in [0.29, 0.717) is 22.6 Å². The summed E-state index contributed by atoms with van der Waals surface area (Å²) in [5.41, 5.74) is 8.17. The van der Waals surface area contributed by atoms with Crippen LogP contribution in [0.2, 0.25) is 5.02 Å². The van der Waals surface area contributed by atoms with Gasteiger partial charge in [0.2, 0.25) is 0 Å². The molecule has 106 valence electrons. The van der Waals surface area contributed by atoms with Crippen LogP contribution in [0.25, 0.3) is 0 Å². The maximum Gasteiger partial charge on any atom is 0.123 e. The average Bonchev–Trinajstić information content (AvgIpc) is 2.43. The van der Waals surface area contributed by atoms with Crippen LogP contribution in [0.3, 0.4) is 0 Å². The van der Waals surface area contributed by atoms with Crippen molar-refractivity contribution in [1.82, 2.24) is 0 Å². The van der Waals surface area contributed by atoms with Crippen LogP contribution in [0.15, 0.2) is 42.5 Å². The third kappa shape index (κ3) is 3.31. The number of halogens is 1. The molecule has 0 unspecified atom stereocenters. The quantitative estimate of drug-likeness (QED) is 0.811. The highest BCUT2D eigenvalue weighted by Gasteiger charge is 2.21. The summed E-state index contributed by atoms with van der Waals surface area (Å²) in [5, 5.41) is 20.8. The Morgan fingerprint density at radius 2 is 1.85 bits per heavy atom.